The third kappa shape index (κ3) is 2.12. The zero-order valence-corrected chi connectivity index (χ0v) is 9.12. The third-order valence-corrected chi connectivity index (χ3v) is 3.06. The maximum absolute atomic E-state index is 4.02. The lowest BCUT2D eigenvalue weighted by molar-refractivity contribution is 0.517. The van der Waals surface area contributed by atoms with E-state index < -0.39 is 0 Å². The van der Waals surface area contributed by atoms with Gasteiger partial charge in [0.15, 0.2) is 0 Å². The average molecular weight is 194 g/mol. The van der Waals surface area contributed by atoms with Gasteiger partial charge >= 0.3 is 0 Å². The molecule has 1 heterocycles. The summed E-state index contributed by atoms with van der Waals surface area (Å²) in [6.07, 6.45) is 3.30. The van der Waals surface area contributed by atoms with Crippen molar-refractivity contribution < 1.29 is 0 Å². The van der Waals surface area contributed by atoms with Crippen molar-refractivity contribution in [3.8, 4) is 0 Å². The monoisotopic (exact) mass is 194 g/mol. The number of hydrogen-bond donors (Lipinski definition) is 1. The minimum atomic E-state index is 0.565. The summed E-state index contributed by atoms with van der Waals surface area (Å²) in [7, 11) is 1.89. The van der Waals surface area contributed by atoms with Gasteiger partial charge < -0.3 is 5.32 Å². The first-order chi connectivity index (χ1) is 6.58. The Morgan fingerprint density at radius 1 is 1.64 bits per heavy atom. The highest BCUT2D eigenvalue weighted by Gasteiger charge is 2.44. The molecular weight excluding hydrogens is 176 g/mol. The summed E-state index contributed by atoms with van der Waals surface area (Å²) in [6.45, 7) is 6.58. The second-order valence-electron chi connectivity index (χ2n) is 4.90. The van der Waals surface area contributed by atoms with Crippen molar-refractivity contribution in [1.29, 1.82) is 0 Å². The molecule has 78 valence electrons. The van der Waals surface area contributed by atoms with Gasteiger partial charge in [-0.3, -0.25) is 4.68 Å². The Labute approximate surface area is 84.7 Å². The first-order valence-corrected chi connectivity index (χ1v) is 5.14. The fourth-order valence-electron chi connectivity index (χ4n) is 1.78. The van der Waals surface area contributed by atoms with Crippen LogP contribution in [0.15, 0.2) is 6.20 Å². The van der Waals surface area contributed by atoms with Crippen molar-refractivity contribution in [1.82, 2.24) is 20.3 Å². The normalized spacial score (nSPS) is 23.8. The van der Waals surface area contributed by atoms with E-state index in [4.69, 9.17) is 0 Å². The average Bonchev–Trinajstić information content (AvgIpc) is 2.53. The van der Waals surface area contributed by atoms with E-state index in [0.717, 1.165) is 24.7 Å². The molecule has 1 fully saturated rings. The quantitative estimate of drug-likeness (QED) is 0.776. The van der Waals surface area contributed by atoms with Crippen LogP contribution in [0.3, 0.4) is 0 Å². The van der Waals surface area contributed by atoms with Gasteiger partial charge in [-0.15, -0.1) is 5.10 Å². The third-order valence-electron chi connectivity index (χ3n) is 3.06. The Morgan fingerprint density at radius 2 is 2.36 bits per heavy atom. The fraction of sp³-hybridized carbons (Fsp3) is 0.800. The molecule has 0 spiro atoms. The van der Waals surface area contributed by atoms with Gasteiger partial charge in [0.25, 0.3) is 0 Å². The first kappa shape index (κ1) is 9.65. The van der Waals surface area contributed by atoms with E-state index in [0.29, 0.717) is 5.41 Å². The predicted molar refractivity (Wildman–Crippen MR) is 54.6 cm³/mol. The zero-order valence-electron chi connectivity index (χ0n) is 9.12. The van der Waals surface area contributed by atoms with Crippen molar-refractivity contribution in [3.63, 3.8) is 0 Å². The van der Waals surface area contributed by atoms with E-state index in [-0.39, 0.29) is 0 Å². The molecule has 1 aliphatic carbocycles. The highest BCUT2D eigenvalue weighted by Crippen LogP contribution is 2.50. The first-order valence-electron chi connectivity index (χ1n) is 5.14. The maximum Gasteiger partial charge on any atom is 0.0964 e. The predicted octanol–water partition coefficient (Wildman–Crippen LogP) is 0.951. The molecule has 1 unspecified atom stereocenters. The number of aryl methyl sites for hydroxylation is 1. The van der Waals surface area contributed by atoms with E-state index in [2.05, 4.69) is 29.5 Å². The van der Waals surface area contributed by atoms with E-state index >= 15 is 0 Å². The van der Waals surface area contributed by atoms with Crippen molar-refractivity contribution in [2.45, 2.75) is 26.8 Å². The Hall–Kier alpha value is -0.900. The lowest BCUT2D eigenvalue weighted by Gasteiger charge is -2.03. The second-order valence-corrected chi connectivity index (χ2v) is 4.90. The Kier molecular flexibility index (Phi) is 2.31. The highest BCUT2D eigenvalue weighted by atomic mass is 15.4. The lowest BCUT2D eigenvalue weighted by atomic mass is 10.1. The van der Waals surface area contributed by atoms with Crippen LogP contribution in [0, 0.1) is 11.3 Å². The van der Waals surface area contributed by atoms with Crippen LogP contribution in [-0.4, -0.2) is 21.5 Å². The summed E-state index contributed by atoms with van der Waals surface area (Å²) in [5.41, 5.74) is 1.58. The van der Waals surface area contributed by atoms with Crippen LogP contribution in [-0.2, 0) is 13.6 Å². The zero-order chi connectivity index (χ0) is 10.2. The second kappa shape index (κ2) is 3.35. The van der Waals surface area contributed by atoms with Gasteiger partial charge in [-0.25, -0.2) is 0 Å². The molecule has 1 aliphatic rings. The topological polar surface area (TPSA) is 42.7 Å². The van der Waals surface area contributed by atoms with E-state index in [1.807, 2.05) is 13.2 Å². The van der Waals surface area contributed by atoms with Gasteiger partial charge in [0.1, 0.15) is 0 Å². The molecule has 4 heteroatoms. The molecule has 0 aromatic carbocycles. The molecule has 1 atom stereocenters. The summed E-state index contributed by atoms with van der Waals surface area (Å²) in [6, 6.07) is 0. The van der Waals surface area contributed by atoms with Crippen LogP contribution in [0.1, 0.15) is 26.0 Å². The summed E-state index contributed by atoms with van der Waals surface area (Å²) in [4.78, 5) is 0. The maximum atomic E-state index is 4.02. The Morgan fingerprint density at radius 3 is 2.86 bits per heavy atom. The molecule has 0 amide bonds. The standard InChI is InChI=1S/C10H18N4/c1-10(2)4-8(10)5-11-6-9-7-14(3)13-12-9/h7-8,11H,4-6H2,1-3H3. The molecule has 1 aromatic rings. The van der Waals surface area contributed by atoms with Crippen LogP contribution >= 0.6 is 0 Å². The fourth-order valence-corrected chi connectivity index (χ4v) is 1.78. The summed E-state index contributed by atoms with van der Waals surface area (Å²) >= 11 is 0. The van der Waals surface area contributed by atoms with Crippen molar-refractivity contribution in [2.24, 2.45) is 18.4 Å². The summed E-state index contributed by atoms with van der Waals surface area (Å²) < 4.78 is 1.73. The van der Waals surface area contributed by atoms with Crippen LogP contribution in [0.2, 0.25) is 0 Å². The molecule has 4 nitrogen and oxygen atoms in total. The van der Waals surface area contributed by atoms with Gasteiger partial charge in [0.05, 0.1) is 5.69 Å². The minimum Gasteiger partial charge on any atom is -0.311 e. The SMILES string of the molecule is Cn1cc(CNCC2CC2(C)C)nn1. The molecule has 1 N–H and O–H groups in total. The van der Waals surface area contributed by atoms with E-state index in [1.165, 1.54) is 6.42 Å². The van der Waals surface area contributed by atoms with Gasteiger partial charge in [-0.1, -0.05) is 19.1 Å². The number of aromatic nitrogens is 3. The van der Waals surface area contributed by atoms with Crippen molar-refractivity contribution in [2.75, 3.05) is 6.54 Å². The molecule has 0 aliphatic heterocycles. The van der Waals surface area contributed by atoms with E-state index in [1.54, 1.807) is 4.68 Å². The van der Waals surface area contributed by atoms with Crippen LogP contribution in [0.5, 0.6) is 0 Å². The van der Waals surface area contributed by atoms with E-state index in [9.17, 15) is 0 Å². The number of hydrogen-bond acceptors (Lipinski definition) is 3. The van der Waals surface area contributed by atoms with Crippen molar-refractivity contribution in [3.05, 3.63) is 11.9 Å². The summed E-state index contributed by atoms with van der Waals surface area (Å²) in [5.74, 6) is 0.846. The number of rotatable bonds is 4. The van der Waals surface area contributed by atoms with Crippen LogP contribution in [0.4, 0.5) is 0 Å². The van der Waals surface area contributed by atoms with Gasteiger partial charge in [-0.2, -0.15) is 0 Å². The molecule has 0 radical (unpaired) electrons. The van der Waals surface area contributed by atoms with Crippen molar-refractivity contribution >= 4 is 0 Å². The molecule has 0 bridgehead atoms. The van der Waals surface area contributed by atoms with Crippen LogP contribution in [0.25, 0.3) is 0 Å². The number of nitrogens with zero attached hydrogens (tertiary/aromatic N) is 3. The minimum absolute atomic E-state index is 0.565. The van der Waals surface area contributed by atoms with Gasteiger partial charge in [-0.05, 0) is 24.3 Å². The molecule has 0 saturated heterocycles. The molecule has 1 saturated carbocycles. The smallest absolute Gasteiger partial charge is 0.0964 e. The molecule has 2 rings (SSSR count). The van der Waals surface area contributed by atoms with Crippen LogP contribution < -0.4 is 5.32 Å². The summed E-state index contributed by atoms with van der Waals surface area (Å²) in [5, 5.41) is 11.3. The molecular formula is C10H18N4. The molecule has 14 heavy (non-hydrogen) atoms. The largest absolute Gasteiger partial charge is 0.311 e. The Balaban J connectivity index is 1.69. The van der Waals surface area contributed by atoms with Gasteiger partial charge in [0.2, 0.25) is 0 Å². The number of nitrogens with one attached hydrogen (secondary N) is 1. The molecule has 1 aromatic heterocycles. The lowest BCUT2D eigenvalue weighted by Crippen LogP contribution is -2.18. The highest BCUT2D eigenvalue weighted by molar-refractivity contribution is 4.97. The van der Waals surface area contributed by atoms with Gasteiger partial charge in [0, 0.05) is 19.8 Å². The Bertz CT molecular complexity index is 316.